The van der Waals surface area contributed by atoms with Crippen LogP contribution in [0.2, 0.25) is 0 Å². The van der Waals surface area contributed by atoms with Crippen molar-refractivity contribution in [3.8, 4) is 5.75 Å². The van der Waals surface area contributed by atoms with Crippen LogP contribution < -0.4 is 4.74 Å². The Morgan fingerprint density at radius 3 is 2.37 bits per heavy atom. The number of hydrogen-bond donors (Lipinski definition) is 0. The number of nitrogens with zero attached hydrogens (tertiary/aromatic N) is 2. The lowest BCUT2D eigenvalue weighted by Gasteiger charge is -2.17. The lowest BCUT2D eigenvalue weighted by atomic mass is 10.1. The number of methoxy groups -OCH3 is 1. The van der Waals surface area contributed by atoms with Crippen LogP contribution in [-0.2, 0) is 0 Å². The van der Waals surface area contributed by atoms with E-state index in [4.69, 9.17) is 9.72 Å². The fourth-order valence-corrected chi connectivity index (χ4v) is 3.44. The number of imidazole rings is 1. The van der Waals surface area contributed by atoms with Crippen LogP contribution >= 0.6 is 0 Å². The van der Waals surface area contributed by atoms with Gasteiger partial charge < -0.3 is 9.30 Å². The van der Waals surface area contributed by atoms with Crippen LogP contribution in [0.15, 0.2) is 78.9 Å². The zero-order valence-electron chi connectivity index (χ0n) is 15.5. The minimum Gasteiger partial charge on any atom is -0.496 e. The molecule has 0 fully saturated rings. The molecule has 134 valence electrons. The molecule has 0 aliphatic rings. The van der Waals surface area contributed by atoms with Crippen LogP contribution in [-0.4, -0.2) is 16.7 Å². The predicted octanol–water partition coefficient (Wildman–Crippen LogP) is 5.82. The van der Waals surface area contributed by atoms with E-state index >= 15 is 0 Å². The molecule has 3 aromatic carbocycles. The van der Waals surface area contributed by atoms with Crippen molar-refractivity contribution in [3.05, 3.63) is 95.8 Å². The Morgan fingerprint density at radius 1 is 0.852 bits per heavy atom. The molecule has 0 amide bonds. The quantitative estimate of drug-likeness (QED) is 0.451. The summed E-state index contributed by atoms with van der Waals surface area (Å²) >= 11 is 0. The van der Waals surface area contributed by atoms with Crippen LogP contribution in [0, 0.1) is 0 Å². The summed E-state index contributed by atoms with van der Waals surface area (Å²) in [5, 5.41) is 0. The largest absolute Gasteiger partial charge is 0.496 e. The third kappa shape index (κ3) is 3.36. The molecule has 0 radical (unpaired) electrons. The minimum atomic E-state index is 0.177. The molecule has 0 aliphatic carbocycles. The van der Waals surface area contributed by atoms with Gasteiger partial charge in [0.05, 0.1) is 24.2 Å². The Labute approximate surface area is 159 Å². The molecule has 0 bridgehead atoms. The third-order valence-electron chi connectivity index (χ3n) is 4.84. The van der Waals surface area contributed by atoms with Gasteiger partial charge in [-0.15, -0.1) is 0 Å². The average Bonchev–Trinajstić information content (AvgIpc) is 3.11. The van der Waals surface area contributed by atoms with E-state index in [0.29, 0.717) is 0 Å². The number of fused-ring (bicyclic) bond motifs is 1. The van der Waals surface area contributed by atoms with Crippen LogP contribution in [0.3, 0.4) is 0 Å². The Kier molecular flexibility index (Phi) is 4.75. The van der Waals surface area contributed by atoms with Crippen molar-refractivity contribution in [2.24, 2.45) is 0 Å². The zero-order valence-corrected chi connectivity index (χ0v) is 15.5. The molecule has 27 heavy (non-hydrogen) atoms. The maximum absolute atomic E-state index is 5.46. The van der Waals surface area contributed by atoms with E-state index in [-0.39, 0.29) is 6.04 Å². The summed E-state index contributed by atoms with van der Waals surface area (Å²) in [6.07, 6.45) is 4.13. The van der Waals surface area contributed by atoms with Gasteiger partial charge in [-0.1, -0.05) is 60.7 Å². The second kappa shape index (κ2) is 7.50. The monoisotopic (exact) mass is 354 g/mol. The fraction of sp³-hybridized carbons (Fsp3) is 0.125. The van der Waals surface area contributed by atoms with E-state index in [1.165, 1.54) is 5.56 Å². The molecule has 4 rings (SSSR count). The van der Waals surface area contributed by atoms with Crippen LogP contribution in [0.1, 0.15) is 29.9 Å². The van der Waals surface area contributed by atoms with Crippen molar-refractivity contribution in [2.75, 3.05) is 7.11 Å². The van der Waals surface area contributed by atoms with Gasteiger partial charge in [0.2, 0.25) is 0 Å². The minimum absolute atomic E-state index is 0.177. The van der Waals surface area contributed by atoms with E-state index in [1.54, 1.807) is 7.11 Å². The molecule has 1 unspecified atom stereocenters. The van der Waals surface area contributed by atoms with Crippen molar-refractivity contribution in [1.82, 2.24) is 9.55 Å². The average molecular weight is 354 g/mol. The maximum atomic E-state index is 5.46. The molecule has 0 aliphatic heterocycles. The summed E-state index contributed by atoms with van der Waals surface area (Å²) in [6, 6.07) is 27.0. The van der Waals surface area contributed by atoms with Crippen LogP contribution in [0.4, 0.5) is 0 Å². The molecule has 3 nitrogen and oxygen atoms in total. The van der Waals surface area contributed by atoms with Crippen molar-refractivity contribution < 1.29 is 4.74 Å². The Balaban J connectivity index is 1.82. The van der Waals surface area contributed by atoms with Gasteiger partial charge in [0.15, 0.2) is 0 Å². The van der Waals surface area contributed by atoms with Gasteiger partial charge in [0.1, 0.15) is 11.6 Å². The number of rotatable bonds is 5. The van der Waals surface area contributed by atoms with Crippen LogP contribution in [0.25, 0.3) is 23.2 Å². The highest BCUT2D eigenvalue weighted by Crippen LogP contribution is 2.28. The molecule has 1 atom stereocenters. The first-order chi connectivity index (χ1) is 13.3. The van der Waals surface area contributed by atoms with Gasteiger partial charge in [-0.25, -0.2) is 4.98 Å². The number of hydrogen-bond acceptors (Lipinski definition) is 2. The van der Waals surface area contributed by atoms with Gasteiger partial charge in [0, 0.05) is 5.56 Å². The summed E-state index contributed by atoms with van der Waals surface area (Å²) < 4.78 is 7.75. The van der Waals surface area contributed by atoms with E-state index in [2.05, 4.69) is 66.1 Å². The normalized spacial score (nSPS) is 12.5. The van der Waals surface area contributed by atoms with E-state index < -0.39 is 0 Å². The molecule has 1 aromatic heterocycles. The van der Waals surface area contributed by atoms with E-state index in [9.17, 15) is 0 Å². The summed E-state index contributed by atoms with van der Waals surface area (Å²) in [4.78, 5) is 4.87. The Hall–Kier alpha value is -3.33. The highest BCUT2D eigenvalue weighted by atomic mass is 16.5. The van der Waals surface area contributed by atoms with Gasteiger partial charge in [-0.2, -0.15) is 0 Å². The summed E-state index contributed by atoms with van der Waals surface area (Å²) in [5.74, 6) is 1.78. The molecule has 3 heteroatoms. The molecule has 4 aromatic rings. The number of aromatic nitrogens is 2. The van der Waals surface area contributed by atoms with Crippen molar-refractivity contribution >= 4 is 23.2 Å². The van der Waals surface area contributed by atoms with Gasteiger partial charge in [-0.3, -0.25) is 0 Å². The molecule has 0 saturated heterocycles. The first-order valence-corrected chi connectivity index (χ1v) is 9.11. The maximum Gasteiger partial charge on any atom is 0.134 e. The molecular weight excluding hydrogens is 332 g/mol. The fourth-order valence-electron chi connectivity index (χ4n) is 3.44. The molecular formula is C24H22N2O. The second-order valence-electron chi connectivity index (χ2n) is 6.49. The first kappa shape index (κ1) is 17.1. The smallest absolute Gasteiger partial charge is 0.134 e. The first-order valence-electron chi connectivity index (χ1n) is 9.11. The summed E-state index contributed by atoms with van der Waals surface area (Å²) in [5.41, 5.74) is 4.42. The molecule has 1 heterocycles. The molecule has 0 saturated carbocycles. The van der Waals surface area contributed by atoms with Crippen LogP contribution in [0.5, 0.6) is 5.75 Å². The topological polar surface area (TPSA) is 27.1 Å². The SMILES string of the molecule is COc1ccccc1/C=C/c1nc2ccccc2n1C(C)c1ccccc1. The van der Waals surface area contributed by atoms with E-state index in [0.717, 1.165) is 28.2 Å². The number of para-hydroxylation sites is 3. The number of ether oxygens (including phenoxy) is 1. The summed E-state index contributed by atoms with van der Waals surface area (Å²) in [7, 11) is 1.69. The van der Waals surface area contributed by atoms with E-state index in [1.807, 2.05) is 36.4 Å². The van der Waals surface area contributed by atoms with Gasteiger partial charge in [-0.05, 0) is 42.8 Å². The highest BCUT2D eigenvalue weighted by molar-refractivity contribution is 5.80. The van der Waals surface area contributed by atoms with Gasteiger partial charge in [0.25, 0.3) is 0 Å². The third-order valence-corrected chi connectivity index (χ3v) is 4.84. The van der Waals surface area contributed by atoms with Crippen molar-refractivity contribution in [2.45, 2.75) is 13.0 Å². The highest BCUT2D eigenvalue weighted by Gasteiger charge is 2.15. The second-order valence-corrected chi connectivity index (χ2v) is 6.49. The molecule has 0 spiro atoms. The Bertz CT molecular complexity index is 1080. The molecule has 0 N–H and O–H groups in total. The lowest BCUT2D eigenvalue weighted by Crippen LogP contribution is -2.08. The lowest BCUT2D eigenvalue weighted by molar-refractivity contribution is 0.414. The van der Waals surface area contributed by atoms with Crippen molar-refractivity contribution in [1.29, 1.82) is 0 Å². The summed E-state index contributed by atoms with van der Waals surface area (Å²) in [6.45, 7) is 2.21. The zero-order chi connectivity index (χ0) is 18.6. The predicted molar refractivity (Wildman–Crippen MR) is 112 cm³/mol. The van der Waals surface area contributed by atoms with Crippen molar-refractivity contribution in [3.63, 3.8) is 0 Å². The van der Waals surface area contributed by atoms with Gasteiger partial charge >= 0.3 is 0 Å². The standard InChI is InChI=1S/C24H22N2O/c1-18(19-10-4-3-5-11-19)26-22-14-8-7-13-21(22)25-24(26)17-16-20-12-6-9-15-23(20)27-2/h3-18H,1-2H3/b17-16+. The number of benzene rings is 3. The Morgan fingerprint density at radius 2 is 1.56 bits per heavy atom.